The molecule has 0 N–H and O–H groups in total. The van der Waals surface area contributed by atoms with E-state index in [2.05, 4.69) is 5.92 Å². The Kier molecular flexibility index (Phi) is 7.65. The largest absolute Gasteiger partial charge is 0.496 e. The summed E-state index contributed by atoms with van der Waals surface area (Å²) in [5.41, 5.74) is 2.57. The predicted octanol–water partition coefficient (Wildman–Crippen LogP) is 3.03. The molecule has 6 nitrogen and oxygen atoms in total. The van der Waals surface area contributed by atoms with Crippen LogP contribution in [-0.4, -0.2) is 45.5 Å². The highest BCUT2D eigenvalue weighted by molar-refractivity contribution is 7.89. The molecule has 0 bridgehead atoms. The molecule has 0 heterocycles. The van der Waals surface area contributed by atoms with Gasteiger partial charge in [-0.1, -0.05) is 36.3 Å². The lowest BCUT2D eigenvalue weighted by molar-refractivity contribution is -0.145. The second-order valence-electron chi connectivity index (χ2n) is 6.96. The lowest BCUT2D eigenvalue weighted by Gasteiger charge is -2.29. The Bertz CT molecular complexity index is 1060. The van der Waals surface area contributed by atoms with Crippen molar-refractivity contribution in [3.8, 4) is 18.1 Å². The van der Waals surface area contributed by atoms with Gasteiger partial charge in [-0.15, -0.1) is 6.42 Å². The second-order valence-corrected chi connectivity index (χ2v) is 8.79. The highest BCUT2D eigenvalue weighted by atomic mass is 32.2. The number of ether oxygens (including phenoxy) is 2. The van der Waals surface area contributed by atoms with Crippen molar-refractivity contribution >= 4 is 16.0 Å². The molecule has 0 spiro atoms. The molecule has 2 aromatic rings. The molecular formula is C23H27NO5S. The Morgan fingerprint density at radius 1 is 1.13 bits per heavy atom. The fourth-order valence-corrected chi connectivity index (χ4v) is 5.46. The highest BCUT2D eigenvalue weighted by Crippen LogP contribution is 2.33. The maximum Gasteiger partial charge on any atom is 0.324 e. The van der Waals surface area contributed by atoms with Crippen LogP contribution < -0.4 is 4.74 Å². The number of rotatable bonds is 8. The van der Waals surface area contributed by atoms with Gasteiger partial charge in [-0.05, 0) is 55.5 Å². The van der Waals surface area contributed by atoms with Gasteiger partial charge < -0.3 is 9.47 Å². The van der Waals surface area contributed by atoms with E-state index in [1.807, 2.05) is 30.3 Å². The molecule has 0 aliphatic carbocycles. The molecule has 0 aliphatic rings. The molecular weight excluding hydrogens is 402 g/mol. The minimum Gasteiger partial charge on any atom is -0.496 e. The van der Waals surface area contributed by atoms with Crippen molar-refractivity contribution in [2.75, 3.05) is 20.8 Å². The summed E-state index contributed by atoms with van der Waals surface area (Å²) in [5.74, 6) is 2.31. The van der Waals surface area contributed by atoms with Crippen molar-refractivity contribution < 1.29 is 22.7 Å². The second kappa shape index (κ2) is 9.79. The first-order chi connectivity index (χ1) is 14.2. The number of hydrogen-bond acceptors (Lipinski definition) is 5. The Labute approximate surface area is 178 Å². The number of terminal acetylenes is 1. The smallest absolute Gasteiger partial charge is 0.324 e. The third-order valence-electron chi connectivity index (χ3n) is 5.10. The molecule has 7 heteroatoms. The van der Waals surface area contributed by atoms with Gasteiger partial charge in [0.15, 0.2) is 0 Å². The van der Waals surface area contributed by atoms with Gasteiger partial charge in [-0.25, -0.2) is 8.42 Å². The van der Waals surface area contributed by atoms with E-state index in [1.54, 1.807) is 26.8 Å². The molecule has 0 amide bonds. The van der Waals surface area contributed by atoms with Crippen molar-refractivity contribution in [3.05, 3.63) is 58.7 Å². The summed E-state index contributed by atoms with van der Waals surface area (Å²) in [7, 11) is -1.35. The molecule has 0 aliphatic heterocycles. The van der Waals surface area contributed by atoms with Crippen molar-refractivity contribution in [1.29, 1.82) is 0 Å². The maximum absolute atomic E-state index is 13.7. The Morgan fingerprint density at radius 2 is 1.77 bits per heavy atom. The quantitative estimate of drug-likeness (QED) is 0.476. The summed E-state index contributed by atoms with van der Waals surface area (Å²) in [6.07, 6.45) is 5.64. The van der Waals surface area contributed by atoms with E-state index in [4.69, 9.17) is 15.9 Å². The minimum absolute atomic E-state index is 0.123. The zero-order valence-electron chi connectivity index (χ0n) is 17.9. The third-order valence-corrected chi connectivity index (χ3v) is 7.25. The molecule has 2 aromatic carbocycles. The first-order valence-corrected chi connectivity index (χ1v) is 10.8. The fraction of sp³-hybridized carbons (Fsp3) is 0.348. The van der Waals surface area contributed by atoms with E-state index >= 15 is 0 Å². The first-order valence-electron chi connectivity index (χ1n) is 9.40. The van der Waals surface area contributed by atoms with Crippen molar-refractivity contribution in [1.82, 2.24) is 4.31 Å². The van der Waals surface area contributed by atoms with Crippen LogP contribution in [0.4, 0.5) is 0 Å². The van der Waals surface area contributed by atoms with Crippen LogP contribution in [0, 0.1) is 33.1 Å². The topological polar surface area (TPSA) is 72.9 Å². The zero-order valence-corrected chi connectivity index (χ0v) is 18.7. The molecule has 30 heavy (non-hydrogen) atoms. The standard InChI is InChI=1S/C23H27NO5S/c1-7-13-24(20(23(25)29-6)15-19-11-9-8-10-12-19)30(26,27)22-16(2)14-21(28-5)17(3)18(22)4/h1,8-12,14,20H,13,15H2,2-6H3/t20-/m0/s1. The number of carbonyl (C=O) groups excluding carboxylic acids is 1. The van der Waals surface area contributed by atoms with Crippen LogP contribution in [0.15, 0.2) is 41.3 Å². The molecule has 0 saturated carbocycles. The molecule has 1 atom stereocenters. The average Bonchev–Trinajstić information content (AvgIpc) is 2.73. The van der Waals surface area contributed by atoms with Gasteiger partial charge in [0.25, 0.3) is 0 Å². The fourth-order valence-electron chi connectivity index (χ4n) is 3.48. The number of carbonyl (C=O) groups is 1. The maximum atomic E-state index is 13.7. The van der Waals surface area contributed by atoms with Crippen molar-refractivity contribution in [2.24, 2.45) is 0 Å². The predicted molar refractivity (Wildman–Crippen MR) is 116 cm³/mol. The number of nitrogens with zero attached hydrogens (tertiary/aromatic N) is 1. The van der Waals surface area contributed by atoms with Crippen LogP contribution in [0.3, 0.4) is 0 Å². The highest BCUT2D eigenvalue weighted by Gasteiger charge is 2.38. The van der Waals surface area contributed by atoms with E-state index in [0.717, 1.165) is 9.87 Å². The number of sulfonamides is 1. The Hall–Kier alpha value is -2.82. The molecule has 0 aromatic heterocycles. The van der Waals surface area contributed by atoms with E-state index in [-0.39, 0.29) is 17.9 Å². The number of hydrogen-bond donors (Lipinski definition) is 0. The van der Waals surface area contributed by atoms with Gasteiger partial charge >= 0.3 is 5.97 Å². The van der Waals surface area contributed by atoms with E-state index in [9.17, 15) is 13.2 Å². The average molecular weight is 430 g/mol. The lowest BCUT2D eigenvalue weighted by atomic mass is 10.1. The minimum atomic E-state index is -4.11. The lowest BCUT2D eigenvalue weighted by Crippen LogP contribution is -2.47. The van der Waals surface area contributed by atoms with Crippen molar-refractivity contribution in [3.63, 3.8) is 0 Å². The summed E-state index contributed by atoms with van der Waals surface area (Å²) >= 11 is 0. The van der Waals surface area contributed by atoms with E-state index in [1.165, 1.54) is 14.2 Å². The summed E-state index contributed by atoms with van der Waals surface area (Å²) in [6.45, 7) is 4.94. The molecule has 0 radical (unpaired) electrons. The number of benzene rings is 2. The summed E-state index contributed by atoms with van der Waals surface area (Å²) < 4.78 is 38.8. The van der Waals surface area contributed by atoms with Crippen LogP contribution in [0.2, 0.25) is 0 Å². The van der Waals surface area contributed by atoms with Crippen LogP contribution in [-0.2, 0) is 26.0 Å². The van der Waals surface area contributed by atoms with Crippen molar-refractivity contribution in [2.45, 2.75) is 38.1 Å². The molecule has 0 saturated heterocycles. The molecule has 0 unspecified atom stereocenters. The Balaban J connectivity index is 2.65. The SMILES string of the molecule is C#CCN([C@@H](Cc1ccccc1)C(=O)OC)S(=O)(=O)c1c(C)cc(OC)c(C)c1C. The monoisotopic (exact) mass is 429 g/mol. The van der Waals surface area contributed by atoms with Gasteiger partial charge in [0.05, 0.1) is 25.7 Å². The van der Waals surface area contributed by atoms with E-state index < -0.39 is 22.0 Å². The summed E-state index contributed by atoms with van der Waals surface area (Å²) in [6, 6.07) is 9.72. The van der Waals surface area contributed by atoms with Crippen LogP contribution >= 0.6 is 0 Å². The van der Waals surface area contributed by atoms with Gasteiger partial charge in [-0.3, -0.25) is 4.79 Å². The van der Waals surface area contributed by atoms with Gasteiger partial charge in [0.1, 0.15) is 11.8 Å². The first kappa shape index (κ1) is 23.5. The van der Waals surface area contributed by atoms with E-state index in [0.29, 0.717) is 22.4 Å². The van der Waals surface area contributed by atoms with Gasteiger partial charge in [0.2, 0.25) is 10.0 Å². The number of methoxy groups -OCH3 is 2. The van der Waals surface area contributed by atoms with Crippen LogP contribution in [0.25, 0.3) is 0 Å². The Morgan fingerprint density at radius 3 is 2.30 bits per heavy atom. The number of esters is 1. The molecule has 160 valence electrons. The summed E-state index contributed by atoms with van der Waals surface area (Å²) in [4.78, 5) is 12.8. The zero-order chi connectivity index (χ0) is 22.5. The van der Waals surface area contributed by atoms with Gasteiger partial charge in [-0.2, -0.15) is 4.31 Å². The third kappa shape index (κ3) is 4.66. The van der Waals surface area contributed by atoms with Crippen LogP contribution in [0.5, 0.6) is 5.75 Å². The molecule has 2 rings (SSSR count). The normalized spacial score (nSPS) is 12.3. The molecule has 0 fully saturated rings. The van der Waals surface area contributed by atoms with Crippen LogP contribution in [0.1, 0.15) is 22.3 Å². The summed E-state index contributed by atoms with van der Waals surface area (Å²) in [5, 5.41) is 0. The van der Waals surface area contributed by atoms with Gasteiger partial charge in [0, 0.05) is 0 Å². The number of aryl methyl sites for hydroxylation is 1.